The van der Waals surface area contributed by atoms with Gasteiger partial charge in [-0.2, -0.15) is 0 Å². The van der Waals surface area contributed by atoms with Crippen molar-refractivity contribution in [3.8, 4) is 0 Å². The standard InChI is InChI=1S/C16H21N5/c1-11-8-20-6-2-3-13(20)9-21(11)16-14-7-12(17)4-5-15(14)18-10-19-16/h4-5,7,10-11,13H,2-3,6,8-9,17H2,1H3. The number of hydrogen-bond acceptors (Lipinski definition) is 5. The summed E-state index contributed by atoms with van der Waals surface area (Å²) in [5, 5.41) is 1.07. The second-order valence-electron chi connectivity index (χ2n) is 6.27. The lowest BCUT2D eigenvalue weighted by molar-refractivity contribution is 0.202. The monoisotopic (exact) mass is 283 g/mol. The second kappa shape index (κ2) is 4.84. The number of benzene rings is 1. The molecule has 2 fully saturated rings. The number of nitrogen functional groups attached to an aromatic ring is 1. The number of nitrogens with two attached hydrogens (primary N) is 1. The lowest BCUT2D eigenvalue weighted by Crippen LogP contribution is -2.55. The average molecular weight is 283 g/mol. The van der Waals surface area contributed by atoms with E-state index in [0.717, 1.165) is 35.5 Å². The zero-order valence-corrected chi connectivity index (χ0v) is 12.4. The molecule has 0 radical (unpaired) electrons. The summed E-state index contributed by atoms with van der Waals surface area (Å²) in [4.78, 5) is 14.0. The summed E-state index contributed by atoms with van der Waals surface area (Å²) in [5.41, 5.74) is 7.70. The highest BCUT2D eigenvalue weighted by Gasteiger charge is 2.35. The fourth-order valence-electron chi connectivity index (χ4n) is 3.77. The van der Waals surface area contributed by atoms with Crippen LogP contribution < -0.4 is 10.6 Å². The summed E-state index contributed by atoms with van der Waals surface area (Å²) in [6.07, 6.45) is 4.29. The van der Waals surface area contributed by atoms with Crippen molar-refractivity contribution in [2.75, 3.05) is 30.3 Å². The van der Waals surface area contributed by atoms with Crippen LogP contribution in [0.25, 0.3) is 10.9 Å². The number of rotatable bonds is 1. The third-order valence-corrected chi connectivity index (χ3v) is 4.85. The van der Waals surface area contributed by atoms with Crippen molar-refractivity contribution >= 4 is 22.4 Å². The summed E-state index contributed by atoms with van der Waals surface area (Å²) in [5.74, 6) is 1.03. The van der Waals surface area contributed by atoms with Crippen LogP contribution in [-0.2, 0) is 0 Å². The summed E-state index contributed by atoms with van der Waals surface area (Å²) in [6, 6.07) is 7.02. The Bertz CT molecular complexity index is 671. The van der Waals surface area contributed by atoms with Crippen LogP contribution in [0.4, 0.5) is 11.5 Å². The Labute approximate surface area is 124 Å². The van der Waals surface area contributed by atoms with E-state index in [2.05, 4.69) is 26.7 Å². The van der Waals surface area contributed by atoms with Gasteiger partial charge in [0.1, 0.15) is 12.1 Å². The van der Waals surface area contributed by atoms with Gasteiger partial charge in [0, 0.05) is 36.2 Å². The van der Waals surface area contributed by atoms with Gasteiger partial charge >= 0.3 is 0 Å². The molecule has 2 aliphatic heterocycles. The molecule has 3 heterocycles. The zero-order chi connectivity index (χ0) is 14.4. The van der Waals surface area contributed by atoms with Gasteiger partial charge in [0.05, 0.1) is 5.52 Å². The topological polar surface area (TPSA) is 58.3 Å². The van der Waals surface area contributed by atoms with Crippen LogP contribution >= 0.6 is 0 Å². The Balaban J connectivity index is 1.77. The molecular formula is C16H21N5. The Morgan fingerprint density at radius 2 is 2.14 bits per heavy atom. The molecular weight excluding hydrogens is 262 g/mol. The molecule has 1 aromatic carbocycles. The Morgan fingerprint density at radius 1 is 1.24 bits per heavy atom. The molecule has 110 valence electrons. The predicted molar refractivity (Wildman–Crippen MR) is 85.4 cm³/mol. The van der Waals surface area contributed by atoms with Crippen molar-refractivity contribution in [2.24, 2.45) is 0 Å². The quantitative estimate of drug-likeness (QED) is 0.810. The molecule has 2 saturated heterocycles. The summed E-state index contributed by atoms with van der Waals surface area (Å²) >= 11 is 0. The highest BCUT2D eigenvalue weighted by Crippen LogP contribution is 2.31. The molecule has 0 aliphatic carbocycles. The fraction of sp³-hybridized carbons (Fsp3) is 0.500. The maximum atomic E-state index is 5.96. The van der Waals surface area contributed by atoms with Gasteiger partial charge in [0.25, 0.3) is 0 Å². The molecule has 2 unspecified atom stereocenters. The van der Waals surface area contributed by atoms with Gasteiger partial charge in [-0.05, 0) is 44.5 Å². The van der Waals surface area contributed by atoms with E-state index in [1.807, 2.05) is 18.2 Å². The van der Waals surface area contributed by atoms with Gasteiger partial charge in [0.2, 0.25) is 0 Å². The van der Waals surface area contributed by atoms with Gasteiger partial charge < -0.3 is 10.6 Å². The second-order valence-corrected chi connectivity index (χ2v) is 6.27. The number of piperazine rings is 1. The SMILES string of the molecule is CC1CN2CCCC2CN1c1ncnc2ccc(N)cc12. The number of fused-ring (bicyclic) bond motifs is 2. The van der Waals surface area contributed by atoms with Crippen LogP contribution in [0.15, 0.2) is 24.5 Å². The van der Waals surface area contributed by atoms with Crippen LogP contribution in [0.2, 0.25) is 0 Å². The van der Waals surface area contributed by atoms with Crippen molar-refractivity contribution in [1.82, 2.24) is 14.9 Å². The van der Waals surface area contributed by atoms with E-state index in [1.165, 1.54) is 19.4 Å². The number of hydrogen-bond donors (Lipinski definition) is 1. The van der Waals surface area contributed by atoms with Crippen LogP contribution in [0.3, 0.4) is 0 Å². The minimum Gasteiger partial charge on any atom is -0.399 e. The molecule has 0 saturated carbocycles. The third-order valence-electron chi connectivity index (χ3n) is 4.85. The molecule has 21 heavy (non-hydrogen) atoms. The molecule has 5 nitrogen and oxygen atoms in total. The first-order valence-corrected chi connectivity index (χ1v) is 7.73. The van der Waals surface area contributed by atoms with Gasteiger partial charge in [-0.25, -0.2) is 9.97 Å². The van der Waals surface area contributed by atoms with Crippen molar-refractivity contribution in [2.45, 2.75) is 31.8 Å². The maximum Gasteiger partial charge on any atom is 0.140 e. The van der Waals surface area contributed by atoms with E-state index < -0.39 is 0 Å². The van der Waals surface area contributed by atoms with Crippen molar-refractivity contribution in [1.29, 1.82) is 0 Å². The lowest BCUT2D eigenvalue weighted by atomic mass is 10.1. The van der Waals surface area contributed by atoms with Gasteiger partial charge in [0.15, 0.2) is 0 Å². The van der Waals surface area contributed by atoms with Crippen molar-refractivity contribution in [3.05, 3.63) is 24.5 Å². The maximum absolute atomic E-state index is 5.96. The smallest absolute Gasteiger partial charge is 0.140 e. The first-order chi connectivity index (χ1) is 10.2. The normalized spacial score (nSPS) is 26.2. The Hall–Kier alpha value is -1.88. The molecule has 2 N–H and O–H groups in total. The first kappa shape index (κ1) is 12.8. The molecule has 2 aliphatic rings. The number of aromatic nitrogens is 2. The summed E-state index contributed by atoms with van der Waals surface area (Å²) in [6.45, 7) is 5.72. The molecule has 0 amide bonds. The van der Waals surface area contributed by atoms with Crippen molar-refractivity contribution in [3.63, 3.8) is 0 Å². The minimum absolute atomic E-state index is 0.471. The summed E-state index contributed by atoms with van der Waals surface area (Å²) < 4.78 is 0. The minimum atomic E-state index is 0.471. The highest BCUT2D eigenvalue weighted by molar-refractivity contribution is 5.91. The van der Waals surface area contributed by atoms with Crippen LogP contribution in [0.5, 0.6) is 0 Å². The molecule has 5 heteroatoms. The molecule has 0 bridgehead atoms. The van der Waals surface area contributed by atoms with E-state index in [9.17, 15) is 0 Å². The largest absolute Gasteiger partial charge is 0.399 e. The predicted octanol–water partition coefficient (Wildman–Crippen LogP) is 1.88. The van der Waals surface area contributed by atoms with Crippen LogP contribution in [0, 0.1) is 0 Å². The average Bonchev–Trinajstić information content (AvgIpc) is 2.93. The van der Waals surface area contributed by atoms with Crippen LogP contribution in [0.1, 0.15) is 19.8 Å². The van der Waals surface area contributed by atoms with Gasteiger partial charge in [-0.3, -0.25) is 4.90 Å². The van der Waals surface area contributed by atoms with Gasteiger partial charge in [-0.15, -0.1) is 0 Å². The molecule has 2 atom stereocenters. The van der Waals surface area contributed by atoms with Crippen LogP contribution in [-0.4, -0.2) is 46.6 Å². The van der Waals surface area contributed by atoms with E-state index in [1.54, 1.807) is 6.33 Å². The van der Waals surface area contributed by atoms with E-state index in [0.29, 0.717) is 12.1 Å². The summed E-state index contributed by atoms with van der Waals surface area (Å²) in [7, 11) is 0. The zero-order valence-electron chi connectivity index (χ0n) is 12.4. The first-order valence-electron chi connectivity index (χ1n) is 7.73. The van der Waals surface area contributed by atoms with E-state index in [-0.39, 0.29) is 0 Å². The van der Waals surface area contributed by atoms with E-state index >= 15 is 0 Å². The van der Waals surface area contributed by atoms with Gasteiger partial charge in [-0.1, -0.05) is 0 Å². The third kappa shape index (κ3) is 2.12. The molecule has 0 spiro atoms. The molecule has 4 rings (SSSR count). The lowest BCUT2D eigenvalue weighted by Gasteiger charge is -2.43. The number of anilines is 2. The highest BCUT2D eigenvalue weighted by atomic mass is 15.3. The Kier molecular flexibility index (Phi) is 2.96. The molecule has 2 aromatic rings. The van der Waals surface area contributed by atoms with E-state index in [4.69, 9.17) is 5.73 Å². The Morgan fingerprint density at radius 3 is 3.05 bits per heavy atom. The fourth-order valence-corrected chi connectivity index (χ4v) is 3.77. The number of nitrogens with zero attached hydrogens (tertiary/aromatic N) is 4. The molecule has 1 aromatic heterocycles. The van der Waals surface area contributed by atoms with Crippen molar-refractivity contribution < 1.29 is 0 Å².